The van der Waals surface area contributed by atoms with Crippen molar-refractivity contribution in [2.45, 2.75) is 39.3 Å². The van der Waals surface area contributed by atoms with Gasteiger partial charge in [-0.1, -0.05) is 17.7 Å². The Balaban J connectivity index is 1.68. The molecule has 33 heavy (non-hydrogen) atoms. The number of anilines is 1. The van der Waals surface area contributed by atoms with Crippen molar-refractivity contribution in [3.8, 4) is 0 Å². The highest BCUT2D eigenvalue weighted by Crippen LogP contribution is 2.45. The predicted octanol–water partition coefficient (Wildman–Crippen LogP) is 5.54. The molecule has 0 bridgehead atoms. The minimum Gasteiger partial charge on any atom is -0.346 e. The van der Waals surface area contributed by atoms with E-state index in [1.165, 1.54) is 17.0 Å². The fourth-order valence-corrected chi connectivity index (χ4v) is 5.58. The Kier molecular flexibility index (Phi) is 6.46. The van der Waals surface area contributed by atoms with Crippen LogP contribution in [0.15, 0.2) is 48.7 Å². The molecule has 2 heterocycles. The molecule has 3 aromatic rings. The number of aromatic nitrogens is 1. The number of nitrogens with zero attached hydrogens (tertiary/aromatic N) is 2. The molecule has 4 rings (SSSR count). The van der Waals surface area contributed by atoms with Crippen LogP contribution in [0.3, 0.4) is 0 Å². The highest BCUT2D eigenvalue weighted by Gasteiger charge is 2.46. The lowest BCUT2D eigenvalue weighted by Crippen LogP contribution is -2.36. The normalized spacial score (nSPS) is 14.4. The quantitative estimate of drug-likeness (QED) is 0.405. The number of hydrogen-bond donors (Lipinski definition) is 1. The van der Waals surface area contributed by atoms with E-state index < -0.39 is 11.2 Å². The Morgan fingerprint density at radius 3 is 2.70 bits per heavy atom. The summed E-state index contributed by atoms with van der Waals surface area (Å²) in [5.41, 5.74) is 3.07. The van der Waals surface area contributed by atoms with Gasteiger partial charge in [0, 0.05) is 31.5 Å². The number of rotatable bonds is 5. The van der Waals surface area contributed by atoms with Crippen LogP contribution in [0.25, 0.3) is 0 Å². The zero-order chi connectivity index (χ0) is 23.9. The zero-order valence-electron chi connectivity index (χ0n) is 18.4. The standard InChI is InChI=1S/C25H22ClFIN3O2/c1-14-7-8-29-16(9-14)12-30-23(32)15-10-20(28)22-21(11-15)31(24(33)25(22,2)3)13-17-18(26)5-4-6-19(17)27/h4-11H,12-13H2,1-3H3,(H,30,32). The van der Waals surface area contributed by atoms with E-state index in [9.17, 15) is 14.0 Å². The van der Waals surface area contributed by atoms with E-state index in [2.05, 4.69) is 32.9 Å². The van der Waals surface area contributed by atoms with Gasteiger partial charge in [-0.2, -0.15) is 0 Å². The van der Waals surface area contributed by atoms with E-state index >= 15 is 0 Å². The van der Waals surface area contributed by atoms with Gasteiger partial charge in [0.1, 0.15) is 5.82 Å². The molecule has 0 radical (unpaired) electrons. The van der Waals surface area contributed by atoms with Gasteiger partial charge in [0.05, 0.1) is 29.9 Å². The van der Waals surface area contributed by atoms with Gasteiger partial charge in [-0.25, -0.2) is 4.39 Å². The Hall–Kier alpha value is -2.52. The van der Waals surface area contributed by atoms with E-state index in [0.29, 0.717) is 11.3 Å². The summed E-state index contributed by atoms with van der Waals surface area (Å²) in [5.74, 6) is -0.924. The van der Waals surface area contributed by atoms with Crippen molar-refractivity contribution in [3.05, 3.63) is 91.0 Å². The molecule has 5 nitrogen and oxygen atoms in total. The molecule has 0 saturated carbocycles. The molecule has 2 amide bonds. The van der Waals surface area contributed by atoms with Gasteiger partial charge in [0.15, 0.2) is 0 Å². The van der Waals surface area contributed by atoms with Crippen molar-refractivity contribution in [3.63, 3.8) is 0 Å². The molecule has 0 atom stereocenters. The SMILES string of the molecule is Cc1ccnc(CNC(=O)c2cc(I)c3c(c2)N(Cc2c(F)cccc2Cl)C(=O)C3(C)C)c1. The van der Waals surface area contributed by atoms with Crippen LogP contribution in [-0.4, -0.2) is 16.8 Å². The van der Waals surface area contributed by atoms with Gasteiger partial charge in [0.2, 0.25) is 5.91 Å². The van der Waals surface area contributed by atoms with Crippen LogP contribution >= 0.6 is 34.2 Å². The Morgan fingerprint density at radius 2 is 2.00 bits per heavy atom. The molecular formula is C25H22ClFIN3O2. The highest BCUT2D eigenvalue weighted by atomic mass is 127. The molecule has 0 spiro atoms. The first-order valence-corrected chi connectivity index (χ1v) is 11.8. The second-order valence-corrected chi connectivity index (χ2v) is 10.1. The van der Waals surface area contributed by atoms with Crippen LogP contribution in [0, 0.1) is 16.3 Å². The zero-order valence-corrected chi connectivity index (χ0v) is 21.3. The number of nitrogens with one attached hydrogen (secondary N) is 1. The number of benzene rings is 2. The van der Waals surface area contributed by atoms with Crippen molar-refractivity contribution >= 4 is 51.7 Å². The average Bonchev–Trinajstić information content (AvgIpc) is 2.95. The van der Waals surface area contributed by atoms with E-state index in [1.54, 1.807) is 24.4 Å². The summed E-state index contributed by atoms with van der Waals surface area (Å²) in [7, 11) is 0. The molecule has 1 aliphatic heterocycles. The summed E-state index contributed by atoms with van der Waals surface area (Å²) in [6, 6.07) is 11.7. The van der Waals surface area contributed by atoms with Gasteiger partial charge in [-0.15, -0.1) is 0 Å². The summed E-state index contributed by atoms with van der Waals surface area (Å²) in [6.45, 7) is 5.90. The third kappa shape index (κ3) is 4.48. The van der Waals surface area contributed by atoms with Gasteiger partial charge in [-0.05, 0) is 85.3 Å². The average molecular weight is 578 g/mol. The monoisotopic (exact) mass is 577 g/mol. The summed E-state index contributed by atoms with van der Waals surface area (Å²) < 4.78 is 15.3. The lowest BCUT2D eigenvalue weighted by molar-refractivity contribution is -0.122. The Bertz CT molecular complexity index is 1260. The van der Waals surface area contributed by atoms with Crippen LogP contribution in [0.4, 0.5) is 10.1 Å². The molecule has 8 heteroatoms. The maximum atomic E-state index is 14.5. The van der Waals surface area contributed by atoms with Crippen LogP contribution < -0.4 is 10.2 Å². The number of carbonyl (C=O) groups excluding carboxylic acids is 2. The fraction of sp³-hybridized carbons (Fsp3) is 0.240. The molecule has 1 aromatic heterocycles. The minimum atomic E-state index is -0.815. The molecule has 0 fully saturated rings. The first-order chi connectivity index (χ1) is 15.6. The molecule has 0 saturated heterocycles. The first-order valence-electron chi connectivity index (χ1n) is 10.4. The second-order valence-electron chi connectivity index (χ2n) is 8.58. The Morgan fingerprint density at radius 1 is 1.24 bits per heavy atom. The summed E-state index contributed by atoms with van der Waals surface area (Å²) >= 11 is 8.38. The Labute approximate surface area is 210 Å². The lowest BCUT2D eigenvalue weighted by Gasteiger charge is -2.21. The first kappa shape index (κ1) is 23.6. The van der Waals surface area contributed by atoms with E-state index in [4.69, 9.17) is 11.6 Å². The van der Waals surface area contributed by atoms with E-state index in [-0.39, 0.29) is 35.5 Å². The maximum Gasteiger partial charge on any atom is 0.251 e. The molecular weight excluding hydrogens is 556 g/mol. The van der Waals surface area contributed by atoms with Gasteiger partial charge in [-0.3, -0.25) is 14.6 Å². The maximum absolute atomic E-state index is 14.5. The van der Waals surface area contributed by atoms with Crippen molar-refractivity contribution < 1.29 is 14.0 Å². The number of hydrogen-bond acceptors (Lipinski definition) is 3. The molecule has 170 valence electrons. The molecule has 0 aliphatic carbocycles. The number of carbonyl (C=O) groups is 2. The van der Waals surface area contributed by atoms with Crippen LogP contribution in [0.5, 0.6) is 0 Å². The van der Waals surface area contributed by atoms with E-state index in [1.807, 2.05) is 32.9 Å². The van der Waals surface area contributed by atoms with Crippen molar-refractivity contribution in [2.75, 3.05) is 4.90 Å². The molecule has 2 aromatic carbocycles. The van der Waals surface area contributed by atoms with Crippen LogP contribution in [0.1, 0.15) is 46.6 Å². The molecule has 1 aliphatic rings. The number of halogens is 3. The summed E-state index contributed by atoms with van der Waals surface area (Å²) in [5, 5.41) is 3.14. The summed E-state index contributed by atoms with van der Waals surface area (Å²) in [4.78, 5) is 32.1. The third-order valence-corrected chi connectivity index (χ3v) is 7.01. The minimum absolute atomic E-state index is 0.0187. The van der Waals surface area contributed by atoms with Gasteiger partial charge < -0.3 is 10.2 Å². The fourth-order valence-electron chi connectivity index (χ4n) is 4.08. The lowest BCUT2D eigenvalue weighted by atomic mass is 9.86. The van der Waals surface area contributed by atoms with Crippen LogP contribution in [-0.2, 0) is 23.3 Å². The number of fused-ring (bicyclic) bond motifs is 1. The highest BCUT2D eigenvalue weighted by molar-refractivity contribution is 14.1. The number of amides is 2. The van der Waals surface area contributed by atoms with Crippen molar-refractivity contribution in [1.82, 2.24) is 10.3 Å². The van der Waals surface area contributed by atoms with Gasteiger partial charge in [0.25, 0.3) is 5.91 Å². The van der Waals surface area contributed by atoms with E-state index in [0.717, 1.165) is 20.4 Å². The topological polar surface area (TPSA) is 62.3 Å². The third-order valence-electron chi connectivity index (χ3n) is 5.81. The largest absolute Gasteiger partial charge is 0.346 e. The second kappa shape index (κ2) is 9.02. The molecule has 1 N–H and O–H groups in total. The van der Waals surface area contributed by atoms with Crippen molar-refractivity contribution in [2.24, 2.45) is 0 Å². The molecule has 0 unspecified atom stereocenters. The predicted molar refractivity (Wildman–Crippen MR) is 135 cm³/mol. The summed E-state index contributed by atoms with van der Waals surface area (Å²) in [6.07, 6.45) is 1.70. The van der Waals surface area contributed by atoms with Gasteiger partial charge >= 0.3 is 0 Å². The van der Waals surface area contributed by atoms with Crippen LogP contribution in [0.2, 0.25) is 5.02 Å². The van der Waals surface area contributed by atoms with Crippen molar-refractivity contribution in [1.29, 1.82) is 0 Å². The number of pyridine rings is 1. The number of aryl methyl sites for hydroxylation is 1. The smallest absolute Gasteiger partial charge is 0.251 e.